The minimum atomic E-state index is -0.519. The second-order valence-corrected chi connectivity index (χ2v) is 7.47. The molecule has 5 heteroatoms. The van der Waals surface area contributed by atoms with E-state index in [4.69, 9.17) is 4.74 Å². The zero-order valence-corrected chi connectivity index (χ0v) is 16.2. The van der Waals surface area contributed by atoms with E-state index < -0.39 is 6.04 Å². The summed E-state index contributed by atoms with van der Waals surface area (Å²) in [6.45, 7) is -0.140. The molecule has 0 spiro atoms. The lowest BCUT2D eigenvalue weighted by Gasteiger charge is -2.51. The van der Waals surface area contributed by atoms with Gasteiger partial charge in [-0.25, -0.2) is 0 Å². The standard InChI is InChI=1S/C24H22N2O3/c1-29-20-4-2-3-17(13-20)6-5-16-7-9-18(10-8-16)23-21(14-25)26(22(23)15-27)24(28)19-11-12-19/h2-4,7-10,13,19,21-23,27H,11-12,15H2,1H3/t21-,22-,23+/m1/s1. The van der Waals surface area contributed by atoms with Gasteiger partial charge in [0.25, 0.3) is 0 Å². The van der Waals surface area contributed by atoms with Crippen molar-refractivity contribution in [1.82, 2.24) is 4.90 Å². The first kappa shape index (κ1) is 19.1. The maximum atomic E-state index is 12.5. The second kappa shape index (κ2) is 7.99. The van der Waals surface area contributed by atoms with E-state index in [1.807, 2.05) is 48.5 Å². The van der Waals surface area contributed by atoms with E-state index in [1.54, 1.807) is 12.0 Å². The summed E-state index contributed by atoms with van der Waals surface area (Å²) in [5, 5.41) is 19.4. The Morgan fingerprint density at radius 2 is 1.90 bits per heavy atom. The Morgan fingerprint density at radius 1 is 1.17 bits per heavy atom. The third kappa shape index (κ3) is 3.70. The van der Waals surface area contributed by atoms with Crippen LogP contribution in [0.15, 0.2) is 48.5 Å². The van der Waals surface area contributed by atoms with Crippen molar-refractivity contribution in [1.29, 1.82) is 5.26 Å². The van der Waals surface area contributed by atoms with Crippen LogP contribution in [-0.2, 0) is 4.79 Å². The Labute approximate surface area is 170 Å². The molecule has 146 valence electrons. The van der Waals surface area contributed by atoms with E-state index >= 15 is 0 Å². The lowest BCUT2D eigenvalue weighted by molar-refractivity contribution is -0.148. The summed E-state index contributed by atoms with van der Waals surface area (Å²) >= 11 is 0. The summed E-state index contributed by atoms with van der Waals surface area (Å²) in [5.41, 5.74) is 2.67. The first-order valence-electron chi connectivity index (χ1n) is 9.75. The predicted molar refractivity (Wildman–Crippen MR) is 108 cm³/mol. The van der Waals surface area contributed by atoms with Crippen molar-refractivity contribution in [2.45, 2.75) is 30.8 Å². The molecule has 5 nitrogen and oxygen atoms in total. The molecule has 1 saturated carbocycles. The molecule has 2 fully saturated rings. The van der Waals surface area contributed by atoms with Crippen LogP contribution in [0.1, 0.15) is 35.4 Å². The summed E-state index contributed by atoms with van der Waals surface area (Å²) in [6, 6.07) is 16.7. The number of methoxy groups -OCH3 is 1. The number of carbonyl (C=O) groups is 1. The molecule has 0 radical (unpaired) electrons. The molecule has 2 aliphatic rings. The van der Waals surface area contributed by atoms with E-state index in [9.17, 15) is 15.2 Å². The minimum absolute atomic E-state index is 0.00706. The number of benzene rings is 2. The largest absolute Gasteiger partial charge is 0.497 e. The number of ether oxygens (including phenoxy) is 1. The van der Waals surface area contributed by atoms with Crippen molar-refractivity contribution in [3.63, 3.8) is 0 Å². The second-order valence-electron chi connectivity index (χ2n) is 7.47. The van der Waals surface area contributed by atoms with Gasteiger partial charge < -0.3 is 14.7 Å². The molecule has 1 aliphatic heterocycles. The van der Waals surface area contributed by atoms with E-state index in [1.165, 1.54) is 0 Å². The molecule has 29 heavy (non-hydrogen) atoms. The number of likely N-dealkylation sites (tertiary alicyclic amines) is 1. The van der Waals surface area contributed by atoms with Gasteiger partial charge in [0.15, 0.2) is 0 Å². The number of nitriles is 1. The van der Waals surface area contributed by atoms with Crippen LogP contribution in [-0.4, -0.2) is 41.7 Å². The van der Waals surface area contributed by atoms with Gasteiger partial charge in [-0.1, -0.05) is 30.0 Å². The number of carbonyl (C=O) groups excluding carboxylic acids is 1. The van der Waals surface area contributed by atoms with Gasteiger partial charge in [-0.05, 0) is 48.7 Å². The highest BCUT2D eigenvalue weighted by Crippen LogP contribution is 2.44. The van der Waals surface area contributed by atoms with Crippen LogP contribution in [0.5, 0.6) is 5.75 Å². The zero-order chi connectivity index (χ0) is 20.4. The monoisotopic (exact) mass is 386 g/mol. The normalized spacial score (nSPS) is 22.7. The van der Waals surface area contributed by atoms with E-state index in [2.05, 4.69) is 17.9 Å². The van der Waals surface area contributed by atoms with Gasteiger partial charge in [0.05, 0.1) is 25.8 Å². The summed E-state index contributed by atoms with van der Waals surface area (Å²) < 4.78 is 5.21. The number of aliphatic hydroxyl groups is 1. The first-order chi connectivity index (χ1) is 14.2. The van der Waals surface area contributed by atoms with Crippen LogP contribution in [0.3, 0.4) is 0 Å². The lowest BCUT2D eigenvalue weighted by atomic mass is 9.75. The minimum Gasteiger partial charge on any atom is -0.497 e. The molecular weight excluding hydrogens is 364 g/mol. The number of rotatable bonds is 4. The third-order valence-corrected chi connectivity index (χ3v) is 5.63. The fourth-order valence-electron chi connectivity index (χ4n) is 3.89. The van der Waals surface area contributed by atoms with Crippen molar-refractivity contribution < 1.29 is 14.6 Å². The van der Waals surface area contributed by atoms with E-state index in [0.29, 0.717) is 0 Å². The molecule has 1 aliphatic carbocycles. The summed E-state index contributed by atoms with van der Waals surface area (Å²) in [7, 11) is 1.62. The Kier molecular flexibility index (Phi) is 5.25. The molecule has 1 N–H and O–H groups in total. The molecule has 2 aromatic rings. The fraction of sp³-hybridized carbons (Fsp3) is 0.333. The number of amides is 1. The Morgan fingerprint density at radius 3 is 2.52 bits per heavy atom. The maximum Gasteiger partial charge on any atom is 0.227 e. The van der Waals surface area contributed by atoms with Gasteiger partial charge in [0, 0.05) is 23.0 Å². The quantitative estimate of drug-likeness (QED) is 0.820. The van der Waals surface area contributed by atoms with E-state index in [-0.39, 0.29) is 30.4 Å². The molecule has 1 heterocycles. The van der Waals surface area contributed by atoms with Gasteiger partial charge in [-0.15, -0.1) is 0 Å². The highest BCUT2D eigenvalue weighted by molar-refractivity contribution is 5.83. The van der Waals surface area contributed by atoms with Crippen LogP contribution in [0.25, 0.3) is 0 Å². The van der Waals surface area contributed by atoms with Crippen molar-refractivity contribution in [3.05, 3.63) is 65.2 Å². The van der Waals surface area contributed by atoms with Crippen molar-refractivity contribution in [2.75, 3.05) is 13.7 Å². The number of hydrogen-bond acceptors (Lipinski definition) is 4. The van der Waals surface area contributed by atoms with Crippen LogP contribution in [0.4, 0.5) is 0 Å². The smallest absolute Gasteiger partial charge is 0.227 e. The van der Waals surface area contributed by atoms with Crippen molar-refractivity contribution >= 4 is 5.91 Å². The van der Waals surface area contributed by atoms with Crippen LogP contribution < -0.4 is 4.74 Å². The maximum absolute atomic E-state index is 12.5. The Hall–Kier alpha value is -3.28. The van der Waals surface area contributed by atoms with Crippen LogP contribution in [0.2, 0.25) is 0 Å². The van der Waals surface area contributed by atoms with Crippen LogP contribution in [0, 0.1) is 29.1 Å². The molecule has 1 saturated heterocycles. The average Bonchev–Trinajstić information content (AvgIpc) is 3.58. The van der Waals surface area contributed by atoms with Gasteiger partial charge >= 0.3 is 0 Å². The number of aliphatic hydroxyl groups excluding tert-OH is 1. The van der Waals surface area contributed by atoms with Crippen molar-refractivity contribution in [3.8, 4) is 23.7 Å². The summed E-state index contributed by atoms with van der Waals surface area (Å²) in [4.78, 5) is 14.0. The third-order valence-electron chi connectivity index (χ3n) is 5.63. The van der Waals surface area contributed by atoms with Gasteiger partial charge in [-0.2, -0.15) is 5.26 Å². The molecular formula is C24H22N2O3. The molecule has 1 amide bonds. The zero-order valence-electron chi connectivity index (χ0n) is 16.2. The summed E-state index contributed by atoms with van der Waals surface area (Å²) in [6.07, 6.45) is 1.77. The topological polar surface area (TPSA) is 73.6 Å². The van der Waals surface area contributed by atoms with Crippen LogP contribution >= 0.6 is 0 Å². The Balaban J connectivity index is 1.51. The van der Waals surface area contributed by atoms with E-state index in [0.717, 1.165) is 35.3 Å². The first-order valence-corrected chi connectivity index (χ1v) is 9.75. The molecule has 0 bridgehead atoms. The average molecular weight is 386 g/mol. The number of nitrogens with zero attached hydrogens (tertiary/aromatic N) is 2. The SMILES string of the molecule is COc1cccc(C#Cc2ccc([C@H]3[C@@H](C#N)N(C(=O)C4CC4)[C@@H]3CO)cc2)c1. The summed E-state index contributed by atoms with van der Waals surface area (Å²) in [5.74, 6) is 6.88. The highest BCUT2D eigenvalue weighted by atomic mass is 16.5. The molecule has 3 atom stereocenters. The highest BCUT2D eigenvalue weighted by Gasteiger charge is 2.53. The predicted octanol–water partition coefficient (Wildman–Crippen LogP) is 2.68. The molecule has 0 unspecified atom stereocenters. The Bertz CT molecular complexity index is 1010. The molecule has 2 aromatic carbocycles. The van der Waals surface area contributed by atoms with Crippen molar-refractivity contribution in [2.24, 2.45) is 5.92 Å². The number of hydrogen-bond donors (Lipinski definition) is 1. The molecule has 4 rings (SSSR count). The van der Waals surface area contributed by atoms with Gasteiger partial charge in [0.2, 0.25) is 5.91 Å². The fourth-order valence-corrected chi connectivity index (χ4v) is 3.89. The van der Waals surface area contributed by atoms with Gasteiger partial charge in [0.1, 0.15) is 11.8 Å². The molecule has 0 aromatic heterocycles. The lowest BCUT2D eigenvalue weighted by Crippen LogP contribution is -2.65. The van der Waals surface area contributed by atoms with Gasteiger partial charge in [-0.3, -0.25) is 4.79 Å².